The maximum Gasteiger partial charge on any atom is 0.225 e. The Kier molecular flexibility index (Phi) is 7.84. The third-order valence-corrected chi connectivity index (χ3v) is 8.27. The number of nitrogens with one attached hydrogen (secondary N) is 1. The van der Waals surface area contributed by atoms with Gasteiger partial charge >= 0.3 is 0 Å². The minimum absolute atomic E-state index is 0.582. The average molecular weight is 500 g/mol. The Hall–Kier alpha value is -2.34. The number of hydrogen-bond donors (Lipinski definition) is 1. The van der Waals surface area contributed by atoms with E-state index in [1.807, 2.05) is 18.2 Å². The van der Waals surface area contributed by atoms with Crippen LogP contribution in [0.5, 0.6) is 0 Å². The molecule has 0 spiro atoms. The third-order valence-electron chi connectivity index (χ3n) is 5.94. The predicted molar refractivity (Wildman–Crippen MR) is 137 cm³/mol. The zero-order valence-electron chi connectivity index (χ0n) is 19.1. The van der Waals surface area contributed by atoms with Crippen LogP contribution in [0.15, 0.2) is 41.7 Å². The summed E-state index contributed by atoms with van der Waals surface area (Å²) in [5, 5.41) is 4.26. The number of thioether (sulfide) groups is 1. The van der Waals surface area contributed by atoms with Crippen molar-refractivity contribution in [1.29, 1.82) is 0 Å². The van der Waals surface area contributed by atoms with Gasteiger partial charge in [-0.2, -0.15) is 4.98 Å². The monoisotopic (exact) mass is 499 g/mol. The van der Waals surface area contributed by atoms with E-state index in [-0.39, 0.29) is 0 Å². The van der Waals surface area contributed by atoms with E-state index >= 15 is 0 Å². The van der Waals surface area contributed by atoms with Gasteiger partial charge in [-0.1, -0.05) is 42.1 Å². The van der Waals surface area contributed by atoms with E-state index in [0.29, 0.717) is 30.5 Å². The van der Waals surface area contributed by atoms with Crippen LogP contribution < -0.4 is 10.2 Å². The molecule has 9 nitrogen and oxygen atoms in total. The largest absolute Gasteiger partial charge is 0.379 e. The number of hydrogen-bond acceptors (Lipinski definition) is 10. The molecule has 1 aromatic carbocycles. The molecule has 2 aromatic heterocycles. The Balaban J connectivity index is 1.41. The van der Waals surface area contributed by atoms with Crippen LogP contribution in [0.2, 0.25) is 0 Å². The molecule has 180 valence electrons. The van der Waals surface area contributed by atoms with Crippen molar-refractivity contribution in [2.75, 3.05) is 74.2 Å². The van der Waals surface area contributed by atoms with E-state index in [1.165, 1.54) is 5.56 Å². The molecular weight excluding hydrogens is 470 g/mol. The summed E-state index contributed by atoms with van der Waals surface area (Å²) < 4.78 is 17.4. The summed E-state index contributed by atoms with van der Waals surface area (Å²) in [6.45, 7) is 6.51. The lowest BCUT2D eigenvalue weighted by Gasteiger charge is -2.28. The molecule has 2 aliphatic heterocycles. The molecule has 11 heteroatoms. The normalized spacial score (nSPS) is 17.8. The number of morpholine rings is 1. The summed E-state index contributed by atoms with van der Waals surface area (Å²) in [4.78, 5) is 23.4. The minimum Gasteiger partial charge on any atom is -0.379 e. The molecular formula is C23H29N7O2S2. The van der Waals surface area contributed by atoms with E-state index in [2.05, 4.69) is 37.2 Å². The summed E-state index contributed by atoms with van der Waals surface area (Å²) >= 11 is 1.66. The van der Waals surface area contributed by atoms with Gasteiger partial charge in [0.05, 0.1) is 13.2 Å². The second-order valence-corrected chi connectivity index (χ2v) is 10.9. The van der Waals surface area contributed by atoms with Crippen LogP contribution in [-0.4, -0.2) is 93.0 Å². The highest BCUT2D eigenvalue weighted by Crippen LogP contribution is 2.31. The number of benzene rings is 1. The lowest BCUT2D eigenvalue weighted by atomic mass is 10.2. The van der Waals surface area contributed by atoms with Crippen molar-refractivity contribution < 1.29 is 8.95 Å². The molecule has 2 aliphatic rings. The first-order valence-corrected chi connectivity index (χ1v) is 14.1. The van der Waals surface area contributed by atoms with E-state index in [9.17, 15) is 4.21 Å². The van der Waals surface area contributed by atoms with Crippen molar-refractivity contribution in [1.82, 2.24) is 24.8 Å². The first-order chi connectivity index (χ1) is 16.8. The van der Waals surface area contributed by atoms with Crippen LogP contribution in [0.1, 0.15) is 5.56 Å². The molecule has 3 aromatic rings. The fourth-order valence-electron chi connectivity index (χ4n) is 4.04. The van der Waals surface area contributed by atoms with Gasteiger partial charge in [0, 0.05) is 67.3 Å². The molecule has 34 heavy (non-hydrogen) atoms. The molecule has 2 saturated heterocycles. The topological polar surface area (TPSA) is 96.4 Å². The van der Waals surface area contributed by atoms with Gasteiger partial charge in [-0.3, -0.25) is 9.11 Å². The van der Waals surface area contributed by atoms with Crippen LogP contribution in [0.25, 0.3) is 11.0 Å². The van der Waals surface area contributed by atoms with Crippen molar-refractivity contribution in [3.63, 3.8) is 0 Å². The molecule has 5 rings (SSSR count). The SMILES string of the molecule is O=S1CCN(c2nc(NCCN3CCOCC3)nc3c(SCc4ccccc4)ncnc23)CC1. The standard InChI is InChI=1S/C23H29N7O2S2/c31-34-14-10-30(11-15-34)21-19-20(22(26-17-25-19)33-16-18-4-2-1-3-5-18)27-23(28-21)24-6-7-29-8-12-32-13-9-29/h1-5,17H,6-16H2,(H,24,27,28). The van der Waals surface area contributed by atoms with Gasteiger partial charge < -0.3 is 15.0 Å². The Morgan fingerprint density at radius 2 is 1.79 bits per heavy atom. The van der Waals surface area contributed by atoms with Crippen LogP contribution in [0.3, 0.4) is 0 Å². The first-order valence-electron chi connectivity index (χ1n) is 11.6. The van der Waals surface area contributed by atoms with E-state index < -0.39 is 10.8 Å². The molecule has 0 atom stereocenters. The maximum atomic E-state index is 11.9. The van der Waals surface area contributed by atoms with Gasteiger partial charge in [-0.25, -0.2) is 15.0 Å². The Labute approximate surface area is 206 Å². The highest BCUT2D eigenvalue weighted by molar-refractivity contribution is 7.98. The van der Waals surface area contributed by atoms with Crippen molar-refractivity contribution >= 4 is 45.4 Å². The second kappa shape index (κ2) is 11.4. The van der Waals surface area contributed by atoms with Gasteiger partial charge in [-0.15, -0.1) is 0 Å². The number of anilines is 2. The van der Waals surface area contributed by atoms with Crippen molar-refractivity contribution in [3.8, 4) is 0 Å². The molecule has 0 unspecified atom stereocenters. The van der Waals surface area contributed by atoms with E-state index in [0.717, 1.165) is 67.0 Å². The summed E-state index contributed by atoms with van der Waals surface area (Å²) in [5.41, 5.74) is 2.74. The zero-order chi connectivity index (χ0) is 23.2. The number of fused-ring (bicyclic) bond motifs is 1. The van der Waals surface area contributed by atoms with Crippen LogP contribution in [0, 0.1) is 0 Å². The number of ether oxygens (including phenoxy) is 1. The Bertz CT molecular complexity index is 1120. The molecule has 1 N–H and O–H groups in total. The fourth-order valence-corrected chi connectivity index (χ4v) is 5.99. The second-order valence-electron chi connectivity index (χ2n) is 8.24. The van der Waals surface area contributed by atoms with Gasteiger partial charge in [0.25, 0.3) is 0 Å². The first kappa shape index (κ1) is 23.4. The average Bonchev–Trinajstić information content (AvgIpc) is 2.89. The van der Waals surface area contributed by atoms with Crippen LogP contribution in [-0.2, 0) is 21.3 Å². The highest BCUT2D eigenvalue weighted by Gasteiger charge is 2.22. The summed E-state index contributed by atoms with van der Waals surface area (Å²) in [7, 11) is -0.764. The molecule has 0 aliphatic carbocycles. The lowest BCUT2D eigenvalue weighted by Crippen LogP contribution is -2.39. The third kappa shape index (κ3) is 5.83. The number of rotatable bonds is 8. The molecule has 4 heterocycles. The number of aromatic nitrogens is 4. The lowest BCUT2D eigenvalue weighted by molar-refractivity contribution is 0.0398. The molecule has 0 radical (unpaired) electrons. The summed E-state index contributed by atoms with van der Waals surface area (Å²) in [5.74, 6) is 3.46. The summed E-state index contributed by atoms with van der Waals surface area (Å²) in [6.07, 6.45) is 1.59. The Morgan fingerprint density at radius 3 is 2.59 bits per heavy atom. The van der Waals surface area contributed by atoms with Gasteiger partial charge in [0.15, 0.2) is 5.82 Å². The zero-order valence-corrected chi connectivity index (χ0v) is 20.7. The quantitative estimate of drug-likeness (QED) is 0.366. The Morgan fingerprint density at radius 1 is 1.00 bits per heavy atom. The highest BCUT2D eigenvalue weighted by atomic mass is 32.2. The van der Waals surface area contributed by atoms with Gasteiger partial charge in [0.1, 0.15) is 22.4 Å². The molecule has 2 fully saturated rings. The van der Waals surface area contributed by atoms with Crippen molar-refractivity contribution in [3.05, 3.63) is 42.2 Å². The predicted octanol–water partition coefficient (Wildman–Crippen LogP) is 2.02. The van der Waals surface area contributed by atoms with Crippen molar-refractivity contribution in [2.45, 2.75) is 10.8 Å². The molecule has 0 saturated carbocycles. The summed E-state index contributed by atoms with van der Waals surface area (Å²) in [6, 6.07) is 10.3. The fraction of sp³-hybridized carbons (Fsp3) is 0.478. The van der Waals surface area contributed by atoms with Crippen LogP contribution >= 0.6 is 11.8 Å². The van der Waals surface area contributed by atoms with E-state index in [1.54, 1.807) is 18.1 Å². The number of nitrogens with zero attached hydrogens (tertiary/aromatic N) is 6. The van der Waals surface area contributed by atoms with E-state index in [4.69, 9.17) is 14.7 Å². The van der Waals surface area contributed by atoms with Crippen molar-refractivity contribution in [2.24, 2.45) is 0 Å². The minimum atomic E-state index is -0.764. The van der Waals surface area contributed by atoms with Crippen LogP contribution in [0.4, 0.5) is 11.8 Å². The maximum absolute atomic E-state index is 11.9. The van der Waals surface area contributed by atoms with Gasteiger partial charge in [-0.05, 0) is 5.56 Å². The van der Waals surface area contributed by atoms with Gasteiger partial charge in [0.2, 0.25) is 5.95 Å². The smallest absolute Gasteiger partial charge is 0.225 e. The molecule has 0 bridgehead atoms. The molecule has 0 amide bonds.